The summed E-state index contributed by atoms with van der Waals surface area (Å²) in [6.45, 7) is -0.582. The molecule has 0 saturated heterocycles. The monoisotopic (exact) mass is 357 g/mol. The van der Waals surface area contributed by atoms with E-state index in [2.05, 4.69) is 0 Å². The molecule has 0 aliphatic heterocycles. The molecule has 0 bridgehead atoms. The molecule has 8 heteroatoms. The van der Waals surface area contributed by atoms with E-state index >= 15 is 0 Å². The van der Waals surface area contributed by atoms with Gasteiger partial charge in [-0.05, 0) is 48.0 Å². The number of methoxy groups -OCH3 is 1. The summed E-state index contributed by atoms with van der Waals surface area (Å²) in [7, 11) is -2.74. The fraction of sp³-hybridized carbons (Fsp3) is 0.133. The number of carbonyl (C=O) groups excluding carboxylic acids is 1. The van der Waals surface area contributed by atoms with Gasteiger partial charge in [0.15, 0.2) is 0 Å². The molecule has 0 aromatic heterocycles. The average Bonchev–Trinajstić information content (AvgIpc) is 2.52. The molecule has 0 N–H and O–H groups in total. The first-order valence-electron chi connectivity index (χ1n) is 6.46. The number of sulfonamides is 1. The molecule has 0 aliphatic rings. The Morgan fingerprint density at radius 1 is 1.17 bits per heavy atom. The van der Waals surface area contributed by atoms with E-state index in [4.69, 9.17) is 16.3 Å². The van der Waals surface area contributed by atoms with Crippen LogP contribution in [0.4, 0.5) is 10.1 Å². The number of halogens is 2. The first-order chi connectivity index (χ1) is 10.9. The van der Waals surface area contributed by atoms with Crippen LogP contribution in [0.5, 0.6) is 5.75 Å². The highest BCUT2D eigenvalue weighted by Crippen LogP contribution is 2.32. The van der Waals surface area contributed by atoms with Crippen LogP contribution < -0.4 is 9.04 Å². The van der Waals surface area contributed by atoms with E-state index in [0.29, 0.717) is 0 Å². The molecule has 5 nitrogen and oxygen atoms in total. The number of para-hydroxylation sites is 2. The number of benzene rings is 2. The van der Waals surface area contributed by atoms with Gasteiger partial charge in [-0.1, -0.05) is 12.1 Å². The second-order valence-electron chi connectivity index (χ2n) is 4.49. The van der Waals surface area contributed by atoms with Gasteiger partial charge in [0.1, 0.15) is 18.1 Å². The highest BCUT2D eigenvalue weighted by molar-refractivity contribution is 7.92. The summed E-state index contributed by atoms with van der Waals surface area (Å²) < 4.78 is 44.6. The minimum absolute atomic E-state index is 0.160. The van der Waals surface area contributed by atoms with Crippen molar-refractivity contribution < 1.29 is 22.3 Å². The molecule has 0 spiro atoms. The largest absolute Gasteiger partial charge is 0.495 e. The van der Waals surface area contributed by atoms with Crippen molar-refractivity contribution in [2.75, 3.05) is 18.0 Å². The maximum Gasteiger partial charge on any atom is 0.264 e. The van der Waals surface area contributed by atoms with E-state index in [1.807, 2.05) is 0 Å². The molecule has 0 heterocycles. The molecule has 0 radical (unpaired) electrons. The van der Waals surface area contributed by atoms with Crippen LogP contribution in [0.2, 0.25) is 0 Å². The van der Waals surface area contributed by atoms with E-state index in [0.717, 1.165) is 28.6 Å². The van der Waals surface area contributed by atoms with Gasteiger partial charge in [0, 0.05) is 0 Å². The maximum atomic E-state index is 13.0. The standard InChI is InChI=1S/C15H13ClFNO4S/c1-22-14-5-3-2-4-13(14)18(10-15(16)19)23(20,21)12-8-6-11(17)7-9-12/h2-9H,10H2,1H3. The fourth-order valence-corrected chi connectivity index (χ4v) is 3.60. The third-order valence-electron chi connectivity index (χ3n) is 3.02. The van der Waals surface area contributed by atoms with E-state index < -0.39 is 27.6 Å². The van der Waals surface area contributed by atoms with E-state index in [-0.39, 0.29) is 16.3 Å². The summed E-state index contributed by atoms with van der Waals surface area (Å²) >= 11 is 5.39. The zero-order chi connectivity index (χ0) is 17.0. The lowest BCUT2D eigenvalue weighted by Gasteiger charge is -2.24. The lowest BCUT2D eigenvalue weighted by atomic mass is 10.3. The Bertz CT molecular complexity index is 808. The van der Waals surface area contributed by atoms with Crippen molar-refractivity contribution in [1.82, 2.24) is 0 Å². The third kappa shape index (κ3) is 3.80. The molecule has 0 amide bonds. The summed E-state index contributed by atoms with van der Waals surface area (Å²) in [5.41, 5.74) is 0.160. The number of carbonyl (C=O) groups is 1. The Labute approximate surface area is 138 Å². The molecule has 0 atom stereocenters. The Morgan fingerprint density at radius 2 is 1.78 bits per heavy atom. The van der Waals surface area contributed by atoms with Gasteiger partial charge in [-0.15, -0.1) is 0 Å². The number of hydrogen-bond donors (Lipinski definition) is 0. The number of ether oxygens (including phenoxy) is 1. The molecular formula is C15H13ClFNO4S. The van der Waals surface area contributed by atoms with Crippen molar-refractivity contribution in [3.05, 3.63) is 54.3 Å². The number of nitrogens with zero attached hydrogens (tertiary/aromatic N) is 1. The molecule has 0 aliphatic carbocycles. The van der Waals surface area contributed by atoms with Gasteiger partial charge in [0.2, 0.25) is 5.24 Å². The SMILES string of the molecule is COc1ccccc1N(CC(=O)Cl)S(=O)(=O)c1ccc(F)cc1. The van der Waals surface area contributed by atoms with Gasteiger partial charge in [-0.2, -0.15) is 0 Å². The molecular weight excluding hydrogens is 345 g/mol. The van der Waals surface area contributed by atoms with Gasteiger partial charge in [-0.25, -0.2) is 12.8 Å². The predicted octanol–water partition coefficient (Wildman–Crippen LogP) is 2.80. The maximum absolute atomic E-state index is 13.0. The Morgan fingerprint density at radius 3 is 2.35 bits per heavy atom. The van der Waals surface area contributed by atoms with E-state index in [1.165, 1.54) is 13.2 Å². The number of anilines is 1. The zero-order valence-corrected chi connectivity index (χ0v) is 13.6. The van der Waals surface area contributed by atoms with Crippen molar-refractivity contribution in [2.24, 2.45) is 0 Å². The topological polar surface area (TPSA) is 63.7 Å². The number of hydrogen-bond acceptors (Lipinski definition) is 4. The van der Waals surface area contributed by atoms with Crippen molar-refractivity contribution in [2.45, 2.75) is 4.90 Å². The molecule has 0 fully saturated rings. The van der Waals surface area contributed by atoms with Crippen LogP contribution in [-0.4, -0.2) is 27.3 Å². The minimum atomic E-state index is -4.12. The van der Waals surface area contributed by atoms with Crippen LogP contribution in [0.25, 0.3) is 0 Å². The molecule has 23 heavy (non-hydrogen) atoms. The molecule has 0 unspecified atom stereocenters. The van der Waals surface area contributed by atoms with Gasteiger partial charge in [-0.3, -0.25) is 9.10 Å². The Kier molecular flexibility index (Phi) is 5.23. The quantitative estimate of drug-likeness (QED) is 0.746. The van der Waals surface area contributed by atoms with E-state index in [1.54, 1.807) is 18.2 Å². The van der Waals surface area contributed by atoms with Crippen molar-refractivity contribution in [3.63, 3.8) is 0 Å². The predicted molar refractivity (Wildman–Crippen MR) is 84.8 cm³/mol. The van der Waals surface area contributed by atoms with Crippen LogP contribution in [0.3, 0.4) is 0 Å². The first kappa shape index (κ1) is 17.2. The van der Waals surface area contributed by atoms with Gasteiger partial charge in [0.05, 0.1) is 17.7 Å². The Balaban J connectivity index is 2.58. The van der Waals surface area contributed by atoms with Crippen molar-refractivity contribution >= 4 is 32.6 Å². The van der Waals surface area contributed by atoms with Gasteiger partial charge >= 0.3 is 0 Å². The summed E-state index contributed by atoms with van der Waals surface area (Å²) in [4.78, 5) is 11.2. The van der Waals surface area contributed by atoms with Gasteiger partial charge in [0.25, 0.3) is 10.0 Å². The van der Waals surface area contributed by atoms with Crippen LogP contribution in [0, 0.1) is 5.82 Å². The lowest BCUT2D eigenvalue weighted by molar-refractivity contribution is -0.110. The highest BCUT2D eigenvalue weighted by atomic mass is 35.5. The molecule has 0 saturated carbocycles. The minimum Gasteiger partial charge on any atom is -0.495 e. The fourth-order valence-electron chi connectivity index (χ4n) is 1.98. The number of rotatable bonds is 6. The van der Waals surface area contributed by atoms with Crippen LogP contribution in [0.15, 0.2) is 53.4 Å². The Hall–Kier alpha value is -2.12. The van der Waals surface area contributed by atoms with Crippen LogP contribution in [0.1, 0.15) is 0 Å². The van der Waals surface area contributed by atoms with Crippen LogP contribution >= 0.6 is 11.6 Å². The summed E-state index contributed by atoms with van der Waals surface area (Å²) in [5.74, 6) is -0.308. The van der Waals surface area contributed by atoms with Crippen LogP contribution in [-0.2, 0) is 14.8 Å². The third-order valence-corrected chi connectivity index (χ3v) is 4.92. The lowest BCUT2D eigenvalue weighted by Crippen LogP contribution is -2.34. The first-order valence-corrected chi connectivity index (χ1v) is 8.27. The van der Waals surface area contributed by atoms with Gasteiger partial charge < -0.3 is 4.74 Å². The summed E-state index contributed by atoms with van der Waals surface area (Å²) in [5, 5.41) is -0.860. The smallest absolute Gasteiger partial charge is 0.264 e. The molecule has 2 aromatic carbocycles. The normalized spacial score (nSPS) is 11.1. The molecule has 2 aromatic rings. The van der Waals surface area contributed by atoms with Crippen molar-refractivity contribution in [3.8, 4) is 5.75 Å². The molecule has 2 rings (SSSR count). The van der Waals surface area contributed by atoms with E-state index in [9.17, 15) is 17.6 Å². The highest BCUT2D eigenvalue weighted by Gasteiger charge is 2.28. The summed E-state index contributed by atoms with van der Waals surface area (Å²) in [6, 6.07) is 10.6. The molecule has 122 valence electrons. The zero-order valence-electron chi connectivity index (χ0n) is 12.1. The second kappa shape index (κ2) is 6.97. The summed E-state index contributed by atoms with van der Waals surface area (Å²) in [6.07, 6.45) is 0. The average molecular weight is 358 g/mol. The van der Waals surface area contributed by atoms with Crippen molar-refractivity contribution in [1.29, 1.82) is 0 Å². The second-order valence-corrected chi connectivity index (χ2v) is 6.78.